The Morgan fingerprint density at radius 3 is 2.71 bits per heavy atom. The Balaban J connectivity index is 1.61. The third-order valence-electron chi connectivity index (χ3n) is 5.09. The zero-order valence-electron chi connectivity index (χ0n) is 12.9. The van der Waals surface area contributed by atoms with Crippen LogP contribution in [0.1, 0.15) is 37.7 Å². The van der Waals surface area contributed by atoms with E-state index in [4.69, 9.17) is 0 Å². The fourth-order valence-electron chi connectivity index (χ4n) is 3.86. The lowest BCUT2D eigenvalue weighted by Crippen LogP contribution is -2.48. The first-order chi connectivity index (χ1) is 10.3. The van der Waals surface area contributed by atoms with Crippen molar-refractivity contribution in [2.75, 3.05) is 26.2 Å². The van der Waals surface area contributed by atoms with Gasteiger partial charge in [-0.1, -0.05) is 37.3 Å². The summed E-state index contributed by atoms with van der Waals surface area (Å²) >= 11 is 0. The number of hydrogen-bond acceptors (Lipinski definition) is 2. The van der Waals surface area contributed by atoms with Crippen LogP contribution in [-0.2, 0) is 4.79 Å². The molecular weight excluding hydrogens is 260 g/mol. The summed E-state index contributed by atoms with van der Waals surface area (Å²) in [6, 6.07) is 10.8. The first-order valence-corrected chi connectivity index (χ1v) is 8.30. The molecule has 1 aromatic carbocycles. The molecule has 3 heteroatoms. The zero-order chi connectivity index (χ0) is 14.7. The smallest absolute Gasteiger partial charge is 0.226 e. The lowest BCUT2D eigenvalue weighted by Gasteiger charge is -2.39. The van der Waals surface area contributed by atoms with Crippen LogP contribution in [0.4, 0.5) is 0 Å². The number of amides is 1. The quantitative estimate of drug-likeness (QED) is 0.906. The molecule has 3 unspecified atom stereocenters. The molecule has 0 aliphatic carbocycles. The molecule has 0 bridgehead atoms. The number of benzene rings is 1. The average Bonchev–Trinajstić information content (AvgIpc) is 2.55. The Kier molecular flexibility index (Phi) is 4.59. The Bertz CT molecular complexity index is 467. The van der Waals surface area contributed by atoms with Crippen molar-refractivity contribution in [2.45, 2.75) is 32.1 Å². The van der Waals surface area contributed by atoms with E-state index < -0.39 is 0 Å². The fraction of sp³-hybridized carbons (Fsp3) is 0.611. The Hall–Kier alpha value is -1.35. The lowest BCUT2D eigenvalue weighted by atomic mass is 9.81. The highest BCUT2D eigenvalue weighted by molar-refractivity contribution is 5.79. The molecule has 2 aliphatic heterocycles. The van der Waals surface area contributed by atoms with Gasteiger partial charge in [-0.15, -0.1) is 0 Å². The van der Waals surface area contributed by atoms with Crippen LogP contribution in [0.2, 0.25) is 0 Å². The van der Waals surface area contributed by atoms with Crippen LogP contribution in [0.5, 0.6) is 0 Å². The standard InChI is InChI=1S/C18H26N2O/c1-14-13-20(18(21)16-8-5-10-19-12-16)11-9-17(14)15-6-3-2-4-7-15/h2-4,6-7,14,16-17,19H,5,8-13H2,1H3. The molecular formula is C18H26N2O. The topological polar surface area (TPSA) is 32.3 Å². The van der Waals surface area contributed by atoms with Crippen molar-refractivity contribution in [1.29, 1.82) is 0 Å². The molecule has 21 heavy (non-hydrogen) atoms. The molecule has 1 N–H and O–H groups in total. The van der Waals surface area contributed by atoms with Crippen molar-refractivity contribution in [1.82, 2.24) is 10.2 Å². The number of carbonyl (C=O) groups excluding carboxylic acids is 1. The van der Waals surface area contributed by atoms with Crippen LogP contribution < -0.4 is 5.32 Å². The summed E-state index contributed by atoms with van der Waals surface area (Å²) in [5, 5.41) is 3.35. The van der Waals surface area contributed by atoms with Gasteiger partial charge in [0, 0.05) is 19.6 Å². The van der Waals surface area contributed by atoms with Gasteiger partial charge in [-0.2, -0.15) is 0 Å². The molecule has 2 fully saturated rings. The van der Waals surface area contributed by atoms with Crippen molar-refractivity contribution in [2.24, 2.45) is 11.8 Å². The van der Waals surface area contributed by atoms with E-state index in [0.29, 0.717) is 17.7 Å². The monoisotopic (exact) mass is 286 g/mol. The third kappa shape index (κ3) is 3.29. The van der Waals surface area contributed by atoms with Gasteiger partial charge in [-0.25, -0.2) is 0 Å². The van der Waals surface area contributed by atoms with Crippen molar-refractivity contribution in [3.63, 3.8) is 0 Å². The van der Waals surface area contributed by atoms with Crippen LogP contribution in [0.25, 0.3) is 0 Å². The van der Waals surface area contributed by atoms with Crippen LogP contribution in [0.15, 0.2) is 30.3 Å². The molecule has 0 spiro atoms. The van der Waals surface area contributed by atoms with E-state index in [2.05, 4.69) is 47.5 Å². The highest BCUT2D eigenvalue weighted by Gasteiger charge is 2.32. The first kappa shape index (κ1) is 14.6. The third-order valence-corrected chi connectivity index (χ3v) is 5.09. The van der Waals surface area contributed by atoms with Crippen LogP contribution in [0, 0.1) is 11.8 Å². The summed E-state index contributed by atoms with van der Waals surface area (Å²) in [6.45, 7) is 6.05. The molecule has 3 atom stereocenters. The molecule has 1 amide bonds. The maximum absolute atomic E-state index is 12.6. The lowest BCUT2D eigenvalue weighted by molar-refractivity contribution is -0.138. The van der Waals surface area contributed by atoms with Gasteiger partial charge < -0.3 is 10.2 Å². The van der Waals surface area contributed by atoms with Gasteiger partial charge in [0.1, 0.15) is 0 Å². The van der Waals surface area contributed by atoms with Gasteiger partial charge in [0.25, 0.3) is 0 Å². The molecule has 0 saturated carbocycles. The molecule has 0 radical (unpaired) electrons. The average molecular weight is 286 g/mol. The summed E-state index contributed by atoms with van der Waals surface area (Å²) in [7, 11) is 0. The van der Waals surface area contributed by atoms with Crippen LogP contribution in [-0.4, -0.2) is 37.0 Å². The number of carbonyl (C=O) groups is 1. The molecule has 114 valence electrons. The van der Waals surface area contributed by atoms with Crippen LogP contribution in [0.3, 0.4) is 0 Å². The first-order valence-electron chi connectivity index (χ1n) is 8.30. The summed E-state index contributed by atoms with van der Waals surface area (Å²) in [5.41, 5.74) is 1.43. The number of nitrogens with zero attached hydrogens (tertiary/aromatic N) is 1. The van der Waals surface area contributed by atoms with Gasteiger partial charge in [0.05, 0.1) is 5.92 Å². The fourth-order valence-corrected chi connectivity index (χ4v) is 3.86. The van der Waals surface area contributed by atoms with Crippen molar-refractivity contribution >= 4 is 5.91 Å². The molecule has 3 rings (SSSR count). The second-order valence-corrected chi connectivity index (χ2v) is 6.61. The van der Waals surface area contributed by atoms with E-state index in [1.807, 2.05) is 0 Å². The molecule has 0 aromatic heterocycles. The number of rotatable bonds is 2. The van der Waals surface area contributed by atoms with Gasteiger partial charge in [-0.3, -0.25) is 4.79 Å². The summed E-state index contributed by atoms with van der Waals surface area (Å²) in [5.74, 6) is 1.72. The van der Waals surface area contributed by atoms with E-state index in [9.17, 15) is 4.79 Å². The number of nitrogens with one attached hydrogen (secondary N) is 1. The number of hydrogen-bond donors (Lipinski definition) is 1. The highest BCUT2D eigenvalue weighted by Crippen LogP contribution is 2.33. The Labute approximate surface area is 127 Å². The molecule has 2 saturated heterocycles. The molecule has 2 aliphatic rings. The second-order valence-electron chi connectivity index (χ2n) is 6.61. The molecule has 1 aromatic rings. The summed E-state index contributed by atoms with van der Waals surface area (Å²) < 4.78 is 0. The van der Waals surface area contributed by atoms with E-state index in [1.165, 1.54) is 5.56 Å². The predicted octanol–water partition coefficient (Wildman–Crippen LogP) is 2.64. The Morgan fingerprint density at radius 1 is 1.24 bits per heavy atom. The minimum Gasteiger partial charge on any atom is -0.342 e. The maximum atomic E-state index is 12.6. The molecule has 3 nitrogen and oxygen atoms in total. The largest absolute Gasteiger partial charge is 0.342 e. The zero-order valence-corrected chi connectivity index (χ0v) is 12.9. The predicted molar refractivity (Wildman–Crippen MR) is 85.1 cm³/mol. The molecule has 2 heterocycles. The van der Waals surface area contributed by atoms with Crippen molar-refractivity contribution in [3.8, 4) is 0 Å². The maximum Gasteiger partial charge on any atom is 0.226 e. The van der Waals surface area contributed by atoms with Gasteiger partial charge in [0.15, 0.2) is 0 Å². The number of piperidine rings is 2. The van der Waals surface area contributed by atoms with Gasteiger partial charge in [0.2, 0.25) is 5.91 Å². The van der Waals surface area contributed by atoms with Gasteiger partial charge in [-0.05, 0) is 43.2 Å². The summed E-state index contributed by atoms with van der Waals surface area (Å²) in [6.07, 6.45) is 3.28. The van der Waals surface area contributed by atoms with Crippen LogP contribution >= 0.6 is 0 Å². The van der Waals surface area contributed by atoms with E-state index in [-0.39, 0.29) is 5.92 Å². The Morgan fingerprint density at radius 2 is 2.05 bits per heavy atom. The van der Waals surface area contributed by atoms with E-state index >= 15 is 0 Å². The minimum absolute atomic E-state index is 0.208. The SMILES string of the molecule is CC1CN(C(=O)C2CCCNC2)CCC1c1ccccc1. The van der Waals surface area contributed by atoms with Crippen molar-refractivity contribution < 1.29 is 4.79 Å². The van der Waals surface area contributed by atoms with Gasteiger partial charge >= 0.3 is 0 Å². The van der Waals surface area contributed by atoms with Crippen molar-refractivity contribution in [3.05, 3.63) is 35.9 Å². The minimum atomic E-state index is 0.208. The second kappa shape index (κ2) is 6.61. The highest BCUT2D eigenvalue weighted by atomic mass is 16.2. The summed E-state index contributed by atoms with van der Waals surface area (Å²) in [4.78, 5) is 14.7. The van der Waals surface area contributed by atoms with E-state index in [1.54, 1.807) is 0 Å². The normalized spacial score (nSPS) is 30.1. The number of likely N-dealkylation sites (tertiary alicyclic amines) is 1. The van der Waals surface area contributed by atoms with E-state index in [0.717, 1.165) is 45.4 Å².